The Balaban J connectivity index is 1.69. The van der Waals surface area contributed by atoms with Gasteiger partial charge in [0, 0.05) is 51.9 Å². The second kappa shape index (κ2) is 9.42. The second-order valence-corrected chi connectivity index (χ2v) is 7.04. The monoisotopic (exact) mass is 346 g/mol. The number of nitrogens with one attached hydrogen (secondary N) is 2. The van der Waals surface area contributed by atoms with E-state index in [0.29, 0.717) is 5.92 Å². The van der Waals surface area contributed by atoms with Crippen LogP contribution in [0.25, 0.3) is 0 Å². The number of hydrogen-bond acceptors (Lipinski definition) is 3. The first-order valence-electron chi connectivity index (χ1n) is 9.05. The number of carbonyl (C=O) groups excluding carboxylic acids is 2. The molecule has 2 rings (SSSR count). The summed E-state index contributed by atoms with van der Waals surface area (Å²) in [4.78, 5) is 27.4. The molecule has 1 aromatic rings. The van der Waals surface area contributed by atoms with E-state index in [1.165, 1.54) is 12.5 Å². The molecule has 6 nitrogen and oxygen atoms in total. The molecule has 6 heteroatoms. The Morgan fingerprint density at radius 1 is 1.08 bits per heavy atom. The van der Waals surface area contributed by atoms with Gasteiger partial charge in [-0.3, -0.25) is 9.69 Å². The largest absolute Gasteiger partial charge is 0.338 e. The van der Waals surface area contributed by atoms with Crippen LogP contribution in [-0.2, 0) is 11.2 Å². The van der Waals surface area contributed by atoms with E-state index in [9.17, 15) is 9.59 Å². The lowest BCUT2D eigenvalue weighted by Gasteiger charge is -2.34. The zero-order chi connectivity index (χ0) is 18.2. The Morgan fingerprint density at radius 3 is 2.28 bits per heavy atom. The van der Waals surface area contributed by atoms with Crippen molar-refractivity contribution in [2.24, 2.45) is 5.92 Å². The fourth-order valence-electron chi connectivity index (χ4n) is 2.82. The first kappa shape index (κ1) is 19.2. The maximum Gasteiger partial charge on any atom is 0.317 e. The Morgan fingerprint density at radius 2 is 1.72 bits per heavy atom. The lowest BCUT2D eigenvalue weighted by atomic mass is 10.1. The van der Waals surface area contributed by atoms with Crippen molar-refractivity contribution in [1.82, 2.24) is 15.1 Å². The molecule has 0 bridgehead atoms. The van der Waals surface area contributed by atoms with Gasteiger partial charge >= 0.3 is 6.03 Å². The molecule has 0 atom stereocenters. The molecule has 0 radical (unpaired) electrons. The molecule has 0 aromatic heterocycles. The van der Waals surface area contributed by atoms with Crippen molar-refractivity contribution in [2.45, 2.75) is 27.2 Å². The predicted octanol–water partition coefficient (Wildman–Crippen LogP) is 2.17. The van der Waals surface area contributed by atoms with Gasteiger partial charge in [0.1, 0.15) is 0 Å². The number of carbonyl (C=O) groups is 2. The van der Waals surface area contributed by atoms with E-state index in [-0.39, 0.29) is 11.9 Å². The zero-order valence-corrected chi connectivity index (χ0v) is 15.5. The van der Waals surface area contributed by atoms with Crippen molar-refractivity contribution in [3.05, 3.63) is 29.8 Å². The summed E-state index contributed by atoms with van der Waals surface area (Å²) in [6.45, 7) is 10.8. The van der Waals surface area contributed by atoms with Gasteiger partial charge in [-0.05, 0) is 30.0 Å². The minimum absolute atomic E-state index is 0.0527. The van der Waals surface area contributed by atoms with Gasteiger partial charge in [-0.25, -0.2) is 4.79 Å². The van der Waals surface area contributed by atoms with Gasteiger partial charge in [0.05, 0.1) is 0 Å². The van der Waals surface area contributed by atoms with E-state index in [1.54, 1.807) is 0 Å². The van der Waals surface area contributed by atoms with E-state index >= 15 is 0 Å². The first-order chi connectivity index (χ1) is 11.9. The highest BCUT2D eigenvalue weighted by Crippen LogP contribution is 2.11. The number of hydrogen-bond donors (Lipinski definition) is 2. The van der Waals surface area contributed by atoms with E-state index in [2.05, 4.69) is 41.5 Å². The van der Waals surface area contributed by atoms with Crippen molar-refractivity contribution in [2.75, 3.05) is 44.6 Å². The standard InChI is InChI=1S/C19H30N4O2/c1-15(2)14-20-19(25)23-12-10-22(11-13-23)9-8-17-4-6-18(7-5-17)21-16(3)24/h4-7,15H,8-14H2,1-3H3,(H,20,25)(H,21,24). The molecule has 0 saturated carbocycles. The Bertz CT molecular complexity index is 563. The third-order valence-corrected chi connectivity index (χ3v) is 4.31. The predicted molar refractivity (Wildman–Crippen MR) is 101 cm³/mol. The van der Waals surface area contributed by atoms with Crippen molar-refractivity contribution in [1.29, 1.82) is 0 Å². The molecule has 1 aromatic carbocycles. The molecular formula is C19H30N4O2. The molecule has 0 aliphatic carbocycles. The van der Waals surface area contributed by atoms with Gasteiger partial charge in [-0.2, -0.15) is 0 Å². The number of rotatable bonds is 6. The van der Waals surface area contributed by atoms with E-state index < -0.39 is 0 Å². The molecule has 3 amide bonds. The van der Waals surface area contributed by atoms with E-state index in [4.69, 9.17) is 0 Å². The van der Waals surface area contributed by atoms with Crippen LogP contribution in [0.2, 0.25) is 0 Å². The summed E-state index contributed by atoms with van der Waals surface area (Å²) in [5, 5.41) is 5.76. The minimum atomic E-state index is -0.0527. The van der Waals surface area contributed by atoms with Gasteiger partial charge in [-0.15, -0.1) is 0 Å². The van der Waals surface area contributed by atoms with Crippen molar-refractivity contribution < 1.29 is 9.59 Å². The fourth-order valence-corrected chi connectivity index (χ4v) is 2.82. The number of piperazine rings is 1. The van der Waals surface area contributed by atoms with Crippen LogP contribution in [0.4, 0.5) is 10.5 Å². The normalized spacial score (nSPS) is 15.3. The third kappa shape index (κ3) is 6.74. The number of anilines is 1. The summed E-state index contributed by atoms with van der Waals surface area (Å²) in [5.41, 5.74) is 2.09. The van der Waals surface area contributed by atoms with Crippen molar-refractivity contribution in [3.8, 4) is 0 Å². The second-order valence-electron chi connectivity index (χ2n) is 7.04. The number of urea groups is 1. The smallest absolute Gasteiger partial charge is 0.317 e. The van der Waals surface area contributed by atoms with Gasteiger partial charge < -0.3 is 15.5 Å². The van der Waals surface area contributed by atoms with E-state index in [1.807, 2.05) is 17.0 Å². The van der Waals surface area contributed by atoms with Crippen LogP contribution < -0.4 is 10.6 Å². The highest BCUT2D eigenvalue weighted by atomic mass is 16.2. The molecule has 1 heterocycles. The molecule has 0 spiro atoms. The van der Waals surface area contributed by atoms with Crippen molar-refractivity contribution in [3.63, 3.8) is 0 Å². The summed E-state index contributed by atoms with van der Waals surface area (Å²) < 4.78 is 0. The lowest BCUT2D eigenvalue weighted by Crippen LogP contribution is -2.52. The van der Waals surface area contributed by atoms with Gasteiger partial charge in [0.15, 0.2) is 0 Å². The number of benzene rings is 1. The summed E-state index contributed by atoms with van der Waals surface area (Å²) in [6, 6.07) is 8.05. The van der Waals surface area contributed by atoms with E-state index in [0.717, 1.165) is 51.4 Å². The van der Waals surface area contributed by atoms with Crippen LogP contribution >= 0.6 is 0 Å². The number of amides is 3. The highest BCUT2D eigenvalue weighted by Gasteiger charge is 2.20. The van der Waals surface area contributed by atoms with Crippen LogP contribution in [0.5, 0.6) is 0 Å². The van der Waals surface area contributed by atoms with Crippen LogP contribution in [0, 0.1) is 5.92 Å². The third-order valence-electron chi connectivity index (χ3n) is 4.31. The zero-order valence-electron chi connectivity index (χ0n) is 15.5. The average Bonchev–Trinajstić information content (AvgIpc) is 2.59. The highest BCUT2D eigenvalue weighted by molar-refractivity contribution is 5.88. The summed E-state index contributed by atoms with van der Waals surface area (Å²) in [6.07, 6.45) is 0.972. The van der Waals surface area contributed by atoms with Crippen molar-refractivity contribution >= 4 is 17.6 Å². The molecule has 1 aliphatic heterocycles. The lowest BCUT2D eigenvalue weighted by molar-refractivity contribution is -0.114. The Kier molecular flexibility index (Phi) is 7.25. The van der Waals surface area contributed by atoms with Crippen LogP contribution in [-0.4, -0.2) is 61.0 Å². The molecule has 1 fully saturated rings. The quantitative estimate of drug-likeness (QED) is 0.830. The van der Waals surface area contributed by atoms with Gasteiger partial charge in [0.2, 0.25) is 5.91 Å². The summed E-state index contributed by atoms with van der Waals surface area (Å²) in [7, 11) is 0. The van der Waals surface area contributed by atoms with Crippen LogP contribution in [0.15, 0.2) is 24.3 Å². The molecule has 0 unspecified atom stereocenters. The molecule has 1 aliphatic rings. The molecule has 138 valence electrons. The fraction of sp³-hybridized carbons (Fsp3) is 0.579. The Labute approximate surface area is 150 Å². The summed E-state index contributed by atoms with van der Waals surface area (Å²) >= 11 is 0. The SMILES string of the molecule is CC(=O)Nc1ccc(CCN2CCN(C(=O)NCC(C)C)CC2)cc1. The number of nitrogens with zero attached hydrogens (tertiary/aromatic N) is 2. The average molecular weight is 346 g/mol. The van der Waals surface area contributed by atoms with Crippen LogP contribution in [0.1, 0.15) is 26.3 Å². The molecule has 2 N–H and O–H groups in total. The maximum absolute atomic E-state index is 12.1. The topological polar surface area (TPSA) is 64.7 Å². The van der Waals surface area contributed by atoms with Gasteiger partial charge in [-0.1, -0.05) is 26.0 Å². The van der Waals surface area contributed by atoms with Crippen LogP contribution in [0.3, 0.4) is 0 Å². The molecule has 1 saturated heterocycles. The minimum Gasteiger partial charge on any atom is -0.338 e. The van der Waals surface area contributed by atoms with Gasteiger partial charge in [0.25, 0.3) is 0 Å². The molecular weight excluding hydrogens is 316 g/mol. The molecule has 25 heavy (non-hydrogen) atoms. The Hall–Kier alpha value is -2.08. The maximum atomic E-state index is 12.1. The first-order valence-corrected chi connectivity index (χ1v) is 9.05. The summed E-state index contributed by atoms with van der Waals surface area (Å²) in [5.74, 6) is 0.422.